The second kappa shape index (κ2) is 7.33. The number of benzene rings is 1. The Hall–Kier alpha value is -2.60. The van der Waals surface area contributed by atoms with Gasteiger partial charge in [0.1, 0.15) is 11.8 Å². The van der Waals surface area contributed by atoms with Gasteiger partial charge in [-0.3, -0.25) is 9.59 Å². The third-order valence-corrected chi connectivity index (χ3v) is 5.23. The van der Waals surface area contributed by atoms with Crippen molar-refractivity contribution in [2.45, 2.75) is 44.4 Å². The lowest BCUT2D eigenvalue weighted by Crippen LogP contribution is -2.54. The van der Waals surface area contributed by atoms with Crippen LogP contribution in [0.4, 0.5) is 0 Å². The molecule has 2 amide bonds. The van der Waals surface area contributed by atoms with Gasteiger partial charge in [-0.25, -0.2) is 0 Å². The van der Waals surface area contributed by atoms with Crippen LogP contribution in [0.1, 0.15) is 29.7 Å². The zero-order valence-corrected chi connectivity index (χ0v) is 14.6. The lowest BCUT2D eigenvalue weighted by Gasteiger charge is -2.31. The molecule has 2 aliphatic rings. The smallest absolute Gasteiger partial charge is 0.243 e. The fourth-order valence-electron chi connectivity index (χ4n) is 3.84. The first-order valence-corrected chi connectivity index (χ1v) is 9.13. The predicted octanol–water partition coefficient (Wildman–Crippen LogP) is 1.60. The number of likely N-dealkylation sites (tertiary alicyclic amines) is 1. The molecule has 0 saturated carbocycles. The molecule has 2 atom stereocenters. The molecule has 6 nitrogen and oxygen atoms in total. The molecule has 0 spiro atoms. The number of nitrogens with zero attached hydrogens (tertiary/aromatic N) is 1. The van der Waals surface area contributed by atoms with Crippen LogP contribution in [0.2, 0.25) is 0 Å². The summed E-state index contributed by atoms with van der Waals surface area (Å²) in [4.78, 5) is 27.3. The Kier molecular flexibility index (Phi) is 4.75. The zero-order chi connectivity index (χ0) is 17.9. The van der Waals surface area contributed by atoms with Gasteiger partial charge in [0.25, 0.3) is 0 Å². The Bertz CT molecular complexity index is 787. The number of carbonyl (C=O) groups excluding carboxylic acids is 2. The molecule has 6 heteroatoms. The number of nitrogens with one attached hydrogen (secondary N) is 2. The van der Waals surface area contributed by atoms with Crippen LogP contribution in [0.15, 0.2) is 47.1 Å². The molecule has 0 bridgehead atoms. The standard InChI is InChI=1S/C20H23N3O3/c24-19(22-13-16-7-4-10-26-16)18-8-3-9-23(18)20(25)17-11-14-5-1-2-6-15(14)12-21-17/h1-2,4-7,10,17-18,21H,3,8-9,11-13H2,(H,22,24)/t17-,18+/m1/s1. The first-order chi connectivity index (χ1) is 12.7. The van der Waals surface area contributed by atoms with Crippen LogP contribution in [0, 0.1) is 0 Å². The minimum absolute atomic E-state index is 0.0233. The Labute approximate surface area is 152 Å². The number of amides is 2. The van der Waals surface area contributed by atoms with Crippen molar-refractivity contribution in [1.29, 1.82) is 0 Å². The third kappa shape index (κ3) is 3.37. The molecule has 4 rings (SSSR count). The Morgan fingerprint density at radius 2 is 2.04 bits per heavy atom. The normalized spacial score (nSPS) is 22.1. The molecule has 2 aliphatic heterocycles. The summed E-state index contributed by atoms with van der Waals surface area (Å²) in [6.45, 7) is 1.67. The van der Waals surface area contributed by atoms with Gasteiger partial charge < -0.3 is 20.0 Å². The van der Waals surface area contributed by atoms with Crippen LogP contribution in [-0.2, 0) is 29.1 Å². The first kappa shape index (κ1) is 16.8. The van der Waals surface area contributed by atoms with Gasteiger partial charge in [0.15, 0.2) is 0 Å². The van der Waals surface area contributed by atoms with Crippen molar-refractivity contribution in [1.82, 2.24) is 15.5 Å². The van der Waals surface area contributed by atoms with E-state index in [1.807, 2.05) is 18.2 Å². The maximum Gasteiger partial charge on any atom is 0.243 e. The summed E-state index contributed by atoms with van der Waals surface area (Å²) in [5.74, 6) is 0.624. The molecule has 2 N–H and O–H groups in total. The maximum absolute atomic E-state index is 13.0. The van der Waals surface area contributed by atoms with E-state index < -0.39 is 6.04 Å². The monoisotopic (exact) mass is 353 g/mol. The quantitative estimate of drug-likeness (QED) is 0.876. The summed E-state index contributed by atoms with van der Waals surface area (Å²) in [7, 11) is 0. The number of rotatable bonds is 4. The van der Waals surface area contributed by atoms with E-state index in [0.29, 0.717) is 38.2 Å². The van der Waals surface area contributed by atoms with Crippen molar-refractivity contribution in [2.24, 2.45) is 0 Å². The fourth-order valence-corrected chi connectivity index (χ4v) is 3.84. The lowest BCUT2D eigenvalue weighted by molar-refractivity contribution is -0.140. The number of hydrogen-bond donors (Lipinski definition) is 2. The third-order valence-electron chi connectivity index (χ3n) is 5.23. The van der Waals surface area contributed by atoms with Crippen molar-refractivity contribution in [3.63, 3.8) is 0 Å². The summed E-state index contributed by atoms with van der Waals surface area (Å²) in [6, 6.07) is 11.1. The largest absolute Gasteiger partial charge is 0.467 e. The highest BCUT2D eigenvalue weighted by Gasteiger charge is 2.37. The van der Waals surface area contributed by atoms with E-state index in [0.717, 1.165) is 6.42 Å². The molecule has 1 aromatic carbocycles. The van der Waals surface area contributed by atoms with Gasteiger partial charge in [-0.15, -0.1) is 0 Å². The molecular formula is C20H23N3O3. The van der Waals surface area contributed by atoms with Gasteiger partial charge >= 0.3 is 0 Å². The van der Waals surface area contributed by atoms with E-state index in [1.165, 1.54) is 11.1 Å². The zero-order valence-electron chi connectivity index (χ0n) is 14.6. The summed E-state index contributed by atoms with van der Waals surface area (Å²) in [5.41, 5.74) is 2.45. The Morgan fingerprint density at radius 1 is 1.19 bits per heavy atom. The average molecular weight is 353 g/mol. The summed E-state index contributed by atoms with van der Waals surface area (Å²) < 4.78 is 5.24. The minimum Gasteiger partial charge on any atom is -0.467 e. The van der Waals surface area contributed by atoms with E-state index >= 15 is 0 Å². The predicted molar refractivity (Wildman–Crippen MR) is 96.1 cm³/mol. The number of carbonyl (C=O) groups is 2. The fraction of sp³-hybridized carbons (Fsp3) is 0.400. The number of fused-ring (bicyclic) bond motifs is 1. The average Bonchev–Trinajstić information content (AvgIpc) is 3.37. The molecule has 0 aliphatic carbocycles. The van der Waals surface area contributed by atoms with Gasteiger partial charge in [-0.1, -0.05) is 24.3 Å². The van der Waals surface area contributed by atoms with Gasteiger partial charge in [-0.05, 0) is 42.5 Å². The van der Waals surface area contributed by atoms with Gasteiger partial charge in [0.2, 0.25) is 11.8 Å². The van der Waals surface area contributed by atoms with Crippen molar-refractivity contribution in [3.05, 3.63) is 59.5 Å². The number of furan rings is 1. The molecule has 0 radical (unpaired) electrons. The van der Waals surface area contributed by atoms with E-state index in [1.54, 1.807) is 17.2 Å². The van der Waals surface area contributed by atoms with Gasteiger partial charge in [-0.2, -0.15) is 0 Å². The SMILES string of the molecule is O=C(NCc1ccco1)[C@@H]1CCCN1C(=O)[C@H]1Cc2ccccc2CN1. The van der Waals surface area contributed by atoms with Crippen LogP contribution in [-0.4, -0.2) is 35.3 Å². The van der Waals surface area contributed by atoms with E-state index in [9.17, 15) is 9.59 Å². The van der Waals surface area contributed by atoms with E-state index in [4.69, 9.17) is 4.42 Å². The van der Waals surface area contributed by atoms with Crippen molar-refractivity contribution >= 4 is 11.8 Å². The highest BCUT2D eigenvalue weighted by atomic mass is 16.3. The van der Waals surface area contributed by atoms with E-state index in [2.05, 4.69) is 22.8 Å². The molecule has 1 saturated heterocycles. The summed E-state index contributed by atoms with van der Waals surface area (Å²) in [5, 5.41) is 6.21. The van der Waals surface area contributed by atoms with Crippen LogP contribution in [0.5, 0.6) is 0 Å². The van der Waals surface area contributed by atoms with Crippen LogP contribution in [0.25, 0.3) is 0 Å². The molecule has 26 heavy (non-hydrogen) atoms. The van der Waals surface area contributed by atoms with Gasteiger partial charge in [0, 0.05) is 13.1 Å². The second-order valence-electron chi connectivity index (χ2n) is 6.89. The van der Waals surface area contributed by atoms with Crippen LogP contribution >= 0.6 is 0 Å². The molecule has 136 valence electrons. The van der Waals surface area contributed by atoms with Crippen LogP contribution < -0.4 is 10.6 Å². The van der Waals surface area contributed by atoms with Crippen molar-refractivity contribution < 1.29 is 14.0 Å². The van der Waals surface area contributed by atoms with Crippen molar-refractivity contribution in [2.75, 3.05) is 6.54 Å². The molecular weight excluding hydrogens is 330 g/mol. The van der Waals surface area contributed by atoms with E-state index in [-0.39, 0.29) is 17.9 Å². The molecule has 3 heterocycles. The van der Waals surface area contributed by atoms with Crippen molar-refractivity contribution in [3.8, 4) is 0 Å². The molecule has 2 aromatic rings. The van der Waals surface area contributed by atoms with Crippen LogP contribution in [0.3, 0.4) is 0 Å². The maximum atomic E-state index is 13.0. The summed E-state index contributed by atoms with van der Waals surface area (Å²) in [6.07, 6.45) is 3.82. The minimum atomic E-state index is -0.392. The second-order valence-corrected chi connectivity index (χ2v) is 6.89. The number of hydrogen-bond acceptors (Lipinski definition) is 4. The van der Waals surface area contributed by atoms with Gasteiger partial charge in [0.05, 0.1) is 18.8 Å². The lowest BCUT2D eigenvalue weighted by atomic mass is 9.95. The highest BCUT2D eigenvalue weighted by molar-refractivity contribution is 5.90. The highest BCUT2D eigenvalue weighted by Crippen LogP contribution is 2.22. The molecule has 1 fully saturated rings. The molecule has 0 unspecified atom stereocenters. The molecule has 1 aromatic heterocycles. The topological polar surface area (TPSA) is 74.6 Å². The first-order valence-electron chi connectivity index (χ1n) is 9.13. The Balaban J connectivity index is 1.40. The summed E-state index contributed by atoms with van der Waals surface area (Å²) >= 11 is 0. The Morgan fingerprint density at radius 3 is 2.85 bits per heavy atom.